The van der Waals surface area contributed by atoms with E-state index in [0.29, 0.717) is 53.0 Å². The molecule has 49 heavy (non-hydrogen) atoms. The zero-order valence-electron chi connectivity index (χ0n) is 26.9. The Kier molecular flexibility index (Phi) is 6.42. The fourth-order valence-corrected chi connectivity index (χ4v) is 8.47. The summed E-state index contributed by atoms with van der Waals surface area (Å²) in [6.45, 7) is 3.63. The highest BCUT2D eigenvalue weighted by atomic mass is 19.1. The van der Waals surface area contributed by atoms with Crippen molar-refractivity contribution in [3.05, 3.63) is 121 Å². The lowest BCUT2D eigenvalue weighted by Gasteiger charge is -2.31. The Hall–Kier alpha value is -5.35. The van der Waals surface area contributed by atoms with Gasteiger partial charge >= 0.3 is 12.1 Å². The van der Waals surface area contributed by atoms with E-state index < -0.39 is 29.3 Å². The zero-order chi connectivity index (χ0) is 33.8. The number of amides is 1. The quantitative estimate of drug-likeness (QED) is 0.222. The maximum absolute atomic E-state index is 15.3. The van der Waals surface area contributed by atoms with Crippen LogP contribution in [0.4, 0.5) is 9.18 Å². The minimum Gasteiger partial charge on any atom is -0.458 e. The van der Waals surface area contributed by atoms with Crippen LogP contribution in [0.2, 0.25) is 0 Å². The van der Waals surface area contributed by atoms with E-state index in [1.165, 1.54) is 6.07 Å². The second kappa shape index (κ2) is 10.6. The number of halogens is 1. The summed E-state index contributed by atoms with van der Waals surface area (Å²) in [5.74, 6) is -1.23. The van der Waals surface area contributed by atoms with Crippen LogP contribution in [0.3, 0.4) is 0 Å². The van der Waals surface area contributed by atoms with Gasteiger partial charge in [-0.1, -0.05) is 55.5 Å². The van der Waals surface area contributed by atoms with Crippen LogP contribution in [-0.2, 0) is 39.4 Å². The van der Waals surface area contributed by atoms with Gasteiger partial charge in [0.2, 0.25) is 0 Å². The maximum Gasteiger partial charge on any atom is 0.407 e. The molecule has 2 N–H and O–H groups in total. The van der Waals surface area contributed by atoms with Gasteiger partial charge in [0.15, 0.2) is 5.60 Å². The van der Waals surface area contributed by atoms with Gasteiger partial charge in [-0.25, -0.2) is 19.0 Å². The van der Waals surface area contributed by atoms with Crippen molar-refractivity contribution in [1.82, 2.24) is 14.9 Å². The third-order valence-corrected chi connectivity index (χ3v) is 11.0. The molecule has 0 fully saturated rings. The lowest BCUT2D eigenvalue weighted by atomic mass is 9.82. The molecule has 4 heterocycles. The van der Waals surface area contributed by atoms with E-state index in [1.807, 2.05) is 24.3 Å². The molecule has 0 spiro atoms. The number of nitrogens with zero attached hydrogens (tertiary/aromatic N) is 2. The van der Waals surface area contributed by atoms with E-state index in [0.717, 1.165) is 33.2 Å². The van der Waals surface area contributed by atoms with Crippen LogP contribution < -0.4 is 10.9 Å². The van der Waals surface area contributed by atoms with Crippen LogP contribution >= 0.6 is 0 Å². The molecule has 4 aliphatic rings. The van der Waals surface area contributed by atoms with Gasteiger partial charge < -0.3 is 24.5 Å². The summed E-state index contributed by atoms with van der Waals surface area (Å²) >= 11 is 0. The molecule has 9 rings (SSSR count). The van der Waals surface area contributed by atoms with E-state index in [4.69, 9.17) is 14.5 Å². The highest BCUT2D eigenvalue weighted by Gasteiger charge is 2.46. The fourth-order valence-electron chi connectivity index (χ4n) is 8.47. The molecule has 0 saturated carbocycles. The average Bonchev–Trinajstić information content (AvgIpc) is 3.64. The number of alkyl carbamates (subject to hydrolysis) is 1. The molecule has 0 bridgehead atoms. The minimum absolute atomic E-state index is 0.0158. The maximum atomic E-state index is 15.3. The van der Waals surface area contributed by atoms with Gasteiger partial charge in [0, 0.05) is 40.6 Å². The van der Waals surface area contributed by atoms with Crippen molar-refractivity contribution in [2.75, 3.05) is 6.54 Å². The van der Waals surface area contributed by atoms with Crippen molar-refractivity contribution in [3.8, 4) is 22.5 Å². The van der Waals surface area contributed by atoms with Crippen molar-refractivity contribution in [3.63, 3.8) is 0 Å². The number of nitrogens with one attached hydrogen (secondary N) is 1. The first-order valence-electron chi connectivity index (χ1n) is 16.6. The van der Waals surface area contributed by atoms with Gasteiger partial charge in [-0.3, -0.25) is 4.79 Å². The molecule has 2 atom stereocenters. The number of aromatic nitrogens is 2. The number of hydrogen-bond acceptors (Lipinski definition) is 7. The number of carbonyl (C=O) groups excluding carboxylic acids is 2. The Morgan fingerprint density at radius 1 is 1.08 bits per heavy atom. The molecule has 9 nitrogen and oxygen atoms in total. The zero-order valence-corrected chi connectivity index (χ0v) is 26.9. The molecule has 0 saturated heterocycles. The number of cyclic esters (lactones) is 1. The molecule has 3 aromatic carbocycles. The normalized spacial score (nSPS) is 19.8. The number of benzene rings is 3. The van der Waals surface area contributed by atoms with Crippen molar-refractivity contribution >= 4 is 23.0 Å². The van der Waals surface area contributed by atoms with Gasteiger partial charge in [0.25, 0.3) is 5.56 Å². The number of aliphatic hydroxyl groups is 1. The number of aryl methyl sites for hydroxylation is 1. The third kappa shape index (κ3) is 4.13. The van der Waals surface area contributed by atoms with Crippen molar-refractivity contribution in [1.29, 1.82) is 0 Å². The third-order valence-electron chi connectivity index (χ3n) is 11.0. The summed E-state index contributed by atoms with van der Waals surface area (Å²) in [5, 5.41) is 15.1. The predicted octanol–water partition coefficient (Wildman–Crippen LogP) is 6.05. The molecule has 0 radical (unpaired) electrons. The molecule has 246 valence electrons. The molecule has 2 aliphatic carbocycles. The second-order valence-corrected chi connectivity index (χ2v) is 13.4. The minimum atomic E-state index is -1.98. The van der Waals surface area contributed by atoms with Crippen molar-refractivity contribution in [2.24, 2.45) is 0 Å². The summed E-state index contributed by atoms with van der Waals surface area (Å²) in [6.07, 6.45) is -0.331. The Labute approximate surface area is 280 Å². The van der Waals surface area contributed by atoms with Crippen molar-refractivity contribution < 1.29 is 28.6 Å². The monoisotopic (exact) mass is 657 g/mol. The molecule has 5 aromatic rings. The average molecular weight is 658 g/mol. The van der Waals surface area contributed by atoms with Crippen LogP contribution in [0.5, 0.6) is 0 Å². The number of fused-ring (bicyclic) bond motifs is 8. The molecule has 2 aromatic heterocycles. The number of hydrogen-bond donors (Lipinski definition) is 2. The summed E-state index contributed by atoms with van der Waals surface area (Å²) in [5.41, 5.74) is 6.61. The number of pyridine rings is 2. The van der Waals surface area contributed by atoms with Gasteiger partial charge in [0.1, 0.15) is 18.5 Å². The first-order valence-corrected chi connectivity index (χ1v) is 16.6. The molecule has 10 heteroatoms. The van der Waals surface area contributed by atoms with Gasteiger partial charge in [0.05, 0.1) is 29.0 Å². The lowest BCUT2D eigenvalue weighted by molar-refractivity contribution is -0.172. The number of esters is 1. The molecule has 2 aliphatic heterocycles. The molecule has 1 amide bonds. The van der Waals surface area contributed by atoms with E-state index in [-0.39, 0.29) is 42.4 Å². The smallest absolute Gasteiger partial charge is 0.407 e. The SMILES string of the molecule is CC[C@@]1(O)C(=O)OCc2c1cc1n(c2=O)Cc2c-1nc1cc(F)c(C)c3c1c2[C@H](OC(=O)NCC1c2ccccc2-c2ccccc21)CC3. The topological polar surface area (TPSA) is 120 Å². The fraction of sp³-hybridized carbons (Fsp3) is 0.282. The largest absolute Gasteiger partial charge is 0.458 e. The number of rotatable bonds is 4. The van der Waals surface area contributed by atoms with Crippen LogP contribution in [0, 0.1) is 12.7 Å². The van der Waals surface area contributed by atoms with Crippen LogP contribution in [0.25, 0.3) is 33.4 Å². The van der Waals surface area contributed by atoms with Gasteiger partial charge in [-0.2, -0.15) is 0 Å². The molecular formula is C39H32FN3O6. The van der Waals surface area contributed by atoms with Crippen LogP contribution in [0.15, 0.2) is 65.5 Å². The van der Waals surface area contributed by atoms with Crippen molar-refractivity contribution in [2.45, 2.75) is 63.9 Å². The number of ether oxygens (including phenoxy) is 2. The molecule has 0 unspecified atom stereocenters. The van der Waals surface area contributed by atoms with Gasteiger partial charge in [-0.15, -0.1) is 0 Å². The highest BCUT2D eigenvalue weighted by molar-refractivity contribution is 5.93. The summed E-state index contributed by atoms with van der Waals surface area (Å²) in [4.78, 5) is 45.0. The van der Waals surface area contributed by atoms with Crippen LogP contribution in [-0.4, -0.2) is 33.3 Å². The Bertz CT molecular complexity index is 2320. The number of carbonyl (C=O) groups is 2. The predicted molar refractivity (Wildman–Crippen MR) is 178 cm³/mol. The lowest BCUT2D eigenvalue weighted by Crippen LogP contribution is -2.44. The molecular weight excluding hydrogens is 625 g/mol. The standard InChI is InChI=1S/C39H32FN3O6/c1-3-39(47)28-14-31-35-26(17-43(31)36(44)27(28)18-48-37(39)45)34-32(13-12-20-19(2)29(40)15-30(42-35)33(20)34)49-38(46)41-16-25-23-10-6-4-8-21(23)22-9-5-7-11-24(22)25/h4-11,14-15,25,32,47H,3,12-13,16-18H2,1-2H3,(H,41,46)/t32-,39+/m1/s1. The second-order valence-electron chi connectivity index (χ2n) is 13.4. The van der Waals surface area contributed by atoms with E-state index in [9.17, 15) is 19.5 Å². The highest BCUT2D eigenvalue weighted by Crippen LogP contribution is 2.47. The van der Waals surface area contributed by atoms with E-state index in [2.05, 4.69) is 29.6 Å². The Morgan fingerprint density at radius 2 is 1.80 bits per heavy atom. The summed E-state index contributed by atoms with van der Waals surface area (Å²) in [6, 6.07) is 19.4. The summed E-state index contributed by atoms with van der Waals surface area (Å²) < 4.78 is 28.2. The van der Waals surface area contributed by atoms with E-state index in [1.54, 1.807) is 24.5 Å². The first-order chi connectivity index (χ1) is 23.7. The summed E-state index contributed by atoms with van der Waals surface area (Å²) in [7, 11) is 0. The van der Waals surface area contributed by atoms with Crippen LogP contribution in [0.1, 0.15) is 76.3 Å². The first kappa shape index (κ1) is 29.8. The Morgan fingerprint density at radius 3 is 2.51 bits per heavy atom. The van der Waals surface area contributed by atoms with E-state index >= 15 is 4.39 Å². The van der Waals surface area contributed by atoms with Gasteiger partial charge in [-0.05, 0) is 65.6 Å². The Balaban J connectivity index is 1.11.